The molecule has 1 N–H and O–H groups in total. The van der Waals surface area contributed by atoms with Crippen molar-refractivity contribution in [1.82, 2.24) is 10.2 Å². The number of nitrogens with zero attached hydrogens (tertiary/aromatic N) is 1. The Balaban J connectivity index is 1.42. The highest BCUT2D eigenvalue weighted by molar-refractivity contribution is 5.80. The third kappa shape index (κ3) is 4.68. The first kappa shape index (κ1) is 21.2. The largest absolute Gasteiger partial charge is 0.493 e. The van der Waals surface area contributed by atoms with E-state index in [9.17, 15) is 9.59 Å². The van der Waals surface area contributed by atoms with Crippen LogP contribution in [0.2, 0.25) is 0 Å². The molecule has 0 bridgehead atoms. The van der Waals surface area contributed by atoms with Crippen molar-refractivity contribution in [3.63, 3.8) is 0 Å². The average Bonchev–Trinajstić information content (AvgIpc) is 3.17. The number of amides is 2. The van der Waals surface area contributed by atoms with Crippen molar-refractivity contribution in [2.45, 2.75) is 50.6 Å². The maximum Gasteiger partial charge on any atom is 0.222 e. The van der Waals surface area contributed by atoms with Gasteiger partial charge in [-0.1, -0.05) is 30.3 Å². The maximum absolute atomic E-state index is 13.1. The smallest absolute Gasteiger partial charge is 0.222 e. The molecule has 0 radical (unpaired) electrons. The Morgan fingerprint density at radius 2 is 1.77 bits per heavy atom. The lowest BCUT2D eigenvalue weighted by Gasteiger charge is -2.33. The Morgan fingerprint density at radius 3 is 2.42 bits per heavy atom. The Kier molecular flexibility index (Phi) is 6.16. The number of carbonyl (C=O) groups is 2. The van der Waals surface area contributed by atoms with Crippen molar-refractivity contribution in [1.29, 1.82) is 0 Å². The predicted molar refractivity (Wildman–Crippen MR) is 118 cm³/mol. The highest BCUT2D eigenvalue weighted by Gasteiger charge is 2.38. The molecular weight excluding hydrogens is 392 g/mol. The van der Waals surface area contributed by atoms with Gasteiger partial charge < -0.3 is 19.7 Å². The molecule has 0 unspecified atom stereocenters. The molecule has 2 aliphatic rings. The Labute approximate surface area is 183 Å². The van der Waals surface area contributed by atoms with E-state index in [4.69, 9.17) is 9.47 Å². The SMILES string of the molecule is COc1cc2c(cc1OC)CN(C(=O)CC[C@@]1(Cc3ccccc3)CCC(=O)N1)CC2. The predicted octanol–water partition coefficient (Wildman–Crippen LogP) is 3.26. The summed E-state index contributed by atoms with van der Waals surface area (Å²) in [5.74, 6) is 1.62. The van der Waals surface area contributed by atoms with Crippen molar-refractivity contribution in [3.8, 4) is 11.5 Å². The number of fused-ring (bicyclic) bond motifs is 1. The van der Waals surface area contributed by atoms with Gasteiger partial charge in [-0.05, 0) is 54.5 Å². The summed E-state index contributed by atoms with van der Waals surface area (Å²) >= 11 is 0. The van der Waals surface area contributed by atoms with E-state index in [0.717, 1.165) is 30.6 Å². The number of hydrogen-bond acceptors (Lipinski definition) is 4. The molecule has 6 nitrogen and oxygen atoms in total. The lowest BCUT2D eigenvalue weighted by molar-refractivity contribution is -0.132. The second-order valence-corrected chi connectivity index (χ2v) is 8.53. The van der Waals surface area contributed by atoms with Crippen LogP contribution in [0, 0.1) is 0 Å². The molecule has 2 aliphatic heterocycles. The van der Waals surface area contributed by atoms with E-state index in [2.05, 4.69) is 17.4 Å². The number of rotatable bonds is 7. The van der Waals surface area contributed by atoms with Crippen molar-refractivity contribution in [2.75, 3.05) is 20.8 Å². The molecule has 0 aliphatic carbocycles. The summed E-state index contributed by atoms with van der Waals surface area (Å²) in [5.41, 5.74) is 3.15. The summed E-state index contributed by atoms with van der Waals surface area (Å²) in [5, 5.41) is 3.18. The zero-order chi connectivity index (χ0) is 21.8. The summed E-state index contributed by atoms with van der Waals surface area (Å²) in [6.45, 7) is 1.27. The number of methoxy groups -OCH3 is 2. The molecule has 4 rings (SSSR count). The lowest BCUT2D eigenvalue weighted by Crippen LogP contribution is -2.45. The van der Waals surface area contributed by atoms with E-state index in [0.29, 0.717) is 38.1 Å². The molecule has 2 aromatic rings. The van der Waals surface area contributed by atoms with Gasteiger partial charge in [0.05, 0.1) is 14.2 Å². The molecule has 164 valence electrons. The van der Waals surface area contributed by atoms with Gasteiger partial charge in [-0.25, -0.2) is 0 Å². The van der Waals surface area contributed by atoms with Crippen LogP contribution >= 0.6 is 0 Å². The van der Waals surface area contributed by atoms with Gasteiger partial charge in [-0.2, -0.15) is 0 Å². The maximum atomic E-state index is 13.1. The van der Waals surface area contributed by atoms with Crippen molar-refractivity contribution in [2.24, 2.45) is 0 Å². The summed E-state index contributed by atoms with van der Waals surface area (Å²) in [7, 11) is 3.26. The fourth-order valence-electron chi connectivity index (χ4n) is 4.77. The van der Waals surface area contributed by atoms with Crippen molar-refractivity contribution >= 4 is 11.8 Å². The minimum Gasteiger partial charge on any atom is -0.493 e. The van der Waals surface area contributed by atoms with Gasteiger partial charge in [0.2, 0.25) is 11.8 Å². The Bertz CT molecular complexity index is 959. The number of nitrogens with one attached hydrogen (secondary N) is 1. The minimum atomic E-state index is -0.335. The van der Waals surface area contributed by atoms with Crippen LogP contribution in [0.5, 0.6) is 11.5 Å². The molecule has 1 atom stereocenters. The van der Waals surface area contributed by atoms with Crippen LogP contribution in [0.25, 0.3) is 0 Å². The monoisotopic (exact) mass is 422 g/mol. The third-order valence-corrected chi connectivity index (χ3v) is 6.51. The quantitative estimate of drug-likeness (QED) is 0.744. The van der Waals surface area contributed by atoms with Crippen LogP contribution in [-0.4, -0.2) is 43.0 Å². The van der Waals surface area contributed by atoms with E-state index in [1.54, 1.807) is 14.2 Å². The second-order valence-electron chi connectivity index (χ2n) is 8.53. The topological polar surface area (TPSA) is 67.9 Å². The van der Waals surface area contributed by atoms with Crippen LogP contribution in [0.1, 0.15) is 42.4 Å². The number of hydrogen-bond donors (Lipinski definition) is 1. The highest BCUT2D eigenvalue weighted by Crippen LogP contribution is 2.34. The first-order valence-corrected chi connectivity index (χ1v) is 10.9. The summed E-state index contributed by atoms with van der Waals surface area (Å²) < 4.78 is 10.8. The van der Waals surface area contributed by atoms with Crippen molar-refractivity contribution < 1.29 is 19.1 Å². The summed E-state index contributed by atoms with van der Waals surface area (Å²) in [6, 6.07) is 14.2. The van der Waals surface area contributed by atoms with Crippen LogP contribution < -0.4 is 14.8 Å². The van der Waals surface area contributed by atoms with Gasteiger partial charge in [0.1, 0.15) is 0 Å². The fourth-order valence-corrected chi connectivity index (χ4v) is 4.77. The molecule has 0 spiro atoms. The first-order valence-electron chi connectivity index (χ1n) is 10.9. The van der Waals surface area contributed by atoms with Crippen LogP contribution in [0.3, 0.4) is 0 Å². The van der Waals surface area contributed by atoms with Gasteiger partial charge in [0.25, 0.3) is 0 Å². The van der Waals surface area contributed by atoms with Gasteiger partial charge in [-0.3, -0.25) is 9.59 Å². The summed E-state index contributed by atoms with van der Waals surface area (Å²) in [4.78, 5) is 27.0. The average molecular weight is 423 g/mol. The van der Waals surface area contributed by atoms with E-state index in [1.165, 1.54) is 11.1 Å². The van der Waals surface area contributed by atoms with Gasteiger partial charge >= 0.3 is 0 Å². The number of ether oxygens (including phenoxy) is 2. The molecular formula is C25H30N2O4. The fraction of sp³-hybridized carbons (Fsp3) is 0.440. The molecule has 31 heavy (non-hydrogen) atoms. The molecule has 2 aromatic carbocycles. The first-order chi connectivity index (χ1) is 15.0. The molecule has 0 saturated carbocycles. The molecule has 6 heteroatoms. The van der Waals surface area contributed by atoms with Crippen LogP contribution in [0.15, 0.2) is 42.5 Å². The second kappa shape index (κ2) is 9.00. The molecule has 0 aromatic heterocycles. The van der Waals surface area contributed by atoms with E-state index >= 15 is 0 Å². The zero-order valence-electron chi connectivity index (χ0n) is 18.3. The zero-order valence-corrected chi connectivity index (χ0v) is 18.3. The van der Waals surface area contributed by atoms with Gasteiger partial charge in [0, 0.05) is 31.5 Å². The lowest BCUT2D eigenvalue weighted by atomic mass is 9.84. The van der Waals surface area contributed by atoms with Gasteiger partial charge in [0.15, 0.2) is 11.5 Å². The Hall–Kier alpha value is -3.02. The van der Waals surface area contributed by atoms with Crippen molar-refractivity contribution in [3.05, 3.63) is 59.2 Å². The van der Waals surface area contributed by atoms with E-state index in [1.807, 2.05) is 35.2 Å². The molecule has 2 amide bonds. The minimum absolute atomic E-state index is 0.0799. The normalized spacial score (nSPS) is 20.2. The molecule has 1 fully saturated rings. The molecule has 1 saturated heterocycles. The Morgan fingerprint density at radius 1 is 1.06 bits per heavy atom. The number of carbonyl (C=O) groups excluding carboxylic acids is 2. The highest BCUT2D eigenvalue weighted by atomic mass is 16.5. The summed E-state index contributed by atoms with van der Waals surface area (Å²) in [6.07, 6.45) is 3.94. The number of benzene rings is 2. The van der Waals surface area contributed by atoms with Crippen LogP contribution in [0.4, 0.5) is 0 Å². The van der Waals surface area contributed by atoms with Crippen LogP contribution in [-0.2, 0) is 29.0 Å². The van der Waals surface area contributed by atoms with E-state index in [-0.39, 0.29) is 17.4 Å². The molecule has 2 heterocycles. The van der Waals surface area contributed by atoms with E-state index < -0.39 is 0 Å². The standard InChI is InChI=1S/C25H30N2O4/c1-30-21-14-19-10-13-27(17-20(19)15-22(21)31-2)24(29)9-12-25(11-8-23(28)26-25)16-18-6-4-3-5-7-18/h3-7,14-15H,8-13,16-17H2,1-2H3,(H,26,28)/t25-/m1/s1. The van der Waals surface area contributed by atoms with Gasteiger partial charge in [-0.15, -0.1) is 0 Å². The third-order valence-electron chi connectivity index (χ3n) is 6.51.